The van der Waals surface area contributed by atoms with E-state index in [0.29, 0.717) is 17.9 Å². The van der Waals surface area contributed by atoms with Crippen molar-refractivity contribution >= 4 is 23.5 Å². The van der Waals surface area contributed by atoms with Crippen LogP contribution in [0.3, 0.4) is 0 Å². The molecule has 18 heavy (non-hydrogen) atoms. The minimum Gasteiger partial charge on any atom is -0.368 e. The standard InChI is InChI=1S/C12H22ClN5/c1-5-9(6-2)18(7-8(3)4)12-16-10(13)15-11(14)17-12/h8-9H,5-7H2,1-4H3,(H2,14,15,16,17). The van der Waals surface area contributed by atoms with Gasteiger partial charge in [0, 0.05) is 12.6 Å². The highest BCUT2D eigenvalue weighted by Gasteiger charge is 2.20. The average molecular weight is 272 g/mol. The zero-order valence-corrected chi connectivity index (χ0v) is 12.3. The van der Waals surface area contributed by atoms with Crippen LogP contribution in [0, 0.1) is 5.92 Å². The predicted molar refractivity (Wildman–Crippen MR) is 75.8 cm³/mol. The van der Waals surface area contributed by atoms with E-state index in [2.05, 4.69) is 47.5 Å². The third-order valence-corrected chi connectivity index (χ3v) is 2.98. The number of hydrogen-bond donors (Lipinski definition) is 1. The Bertz CT molecular complexity index is 358. The summed E-state index contributed by atoms with van der Waals surface area (Å²) in [5.74, 6) is 1.27. The summed E-state index contributed by atoms with van der Waals surface area (Å²) < 4.78 is 0. The fourth-order valence-electron chi connectivity index (χ4n) is 2.00. The van der Waals surface area contributed by atoms with Crippen molar-refractivity contribution in [3.05, 3.63) is 5.28 Å². The maximum Gasteiger partial charge on any atom is 0.231 e. The number of anilines is 2. The maximum absolute atomic E-state index is 5.85. The SMILES string of the molecule is CCC(CC)N(CC(C)C)c1nc(N)nc(Cl)n1. The Morgan fingerprint density at radius 3 is 2.22 bits per heavy atom. The van der Waals surface area contributed by atoms with Gasteiger partial charge in [-0.05, 0) is 30.4 Å². The van der Waals surface area contributed by atoms with Crippen molar-refractivity contribution < 1.29 is 0 Å². The van der Waals surface area contributed by atoms with Gasteiger partial charge in [-0.15, -0.1) is 0 Å². The van der Waals surface area contributed by atoms with Crippen LogP contribution in [0.15, 0.2) is 0 Å². The van der Waals surface area contributed by atoms with E-state index in [1.165, 1.54) is 0 Å². The maximum atomic E-state index is 5.85. The first-order valence-corrected chi connectivity index (χ1v) is 6.79. The summed E-state index contributed by atoms with van der Waals surface area (Å²) in [6.45, 7) is 9.54. The number of hydrogen-bond acceptors (Lipinski definition) is 5. The molecule has 5 nitrogen and oxygen atoms in total. The fourth-order valence-corrected chi connectivity index (χ4v) is 2.16. The summed E-state index contributed by atoms with van der Waals surface area (Å²) in [5.41, 5.74) is 5.64. The molecule has 0 fully saturated rings. The van der Waals surface area contributed by atoms with E-state index >= 15 is 0 Å². The molecule has 0 amide bonds. The lowest BCUT2D eigenvalue weighted by molar-refractivity contribution is 0.498. The summed E-state index contributed by atoms with van der Waals surface area (Å²) in [6, 6.07) is 0.394. The molecule has 1 heterocycles. The number of aromatic nitrogens is 3. The highest BCUT2D eigenvalue weighted by atomic mass is 35.5. The van der Waals surface area contributed by atoms with E-state index in [4.69, 9.17) is 17.3 Å². The third kappa shape index (κ3) is 3.98. The first kappa shape index (κ1) is 15.0. The van der Waals surface area contributed by atoms with E-state index in [1.807, 2.05) is 0 Å². The average Bonchev–Trinajstić information content (AvgIpc) is 2.27. The van der Waals surface area contributed by atoms with Gasteiger partial charge < -0.3 is 10.6 Å². The van der Waals surface area contributed by atoms with Crippen LogP contribution in [0.5, 0.6) is 0 Å². The molecule has 1 aromatic heterocycles. The second-order valence-electron chi connectivity index (χ2n) is 4.78. The fraction of sp³-hybridized carbons (Fsp3) is 0.750. The first-order chi connectivity index (χ1) is 8.47. The Balaban J connectivity index is 3.07. The lowest BCUT2D eigenvalue weighted by Gasteiger charge is -2.32. The van der Waals surface area contributed by atoms with Crippen molar-refractivity contribution in [1.82, 2.24) is 15.0 Å². The van der Waals surface area contributed by atoms with Gasteiger partial charge in [0.25, 0.3) is 0 Å². The summed E-state index contributed by atoms with van der Waals surface area (Å²) >= 11 is 5.85. The van der Waals surface area contributed by atoms with Gasteiger partial charge in [0.15, 0.2) is 0 Å². The Morgan fingerprint density at radius 1 is 1.17 bits per heavy atom. The number of rotatable bonds is 6. The summed E-state index contributed by atoms with van der Waals surface area (Å²) in [6.07, 6.45) is 2.07. The molecule has 0 atom stereocenters. The van der Waals surface area contributed by atoms with Gasteiger partial charge in [0.05, 0.1) is 0 Å². The molecule has 0 aliphatic rings. The number of nitrogens with zero attached hydrogens (tertiary/aromatic N) is 4. The first-order valence-electron chi connectivity index (χ1n) is 6.41. The Hall–Kier alpha value is -1.10. The van der Waals surface area contributed by atoms with Crippen molar-refractivity contribution in [3.63, 3.8) is 0 Å². The van der Waals surface area contributed by atoms with E-state index < -0.39 is 0 Å². The molecule has 2 N–H and O–H groups in total. The van der Waals surface area contributed by atoms with Crippen molar-refractivity contribution in [3.8, 4) is 0 Å². The number of halogens is 1. The topological polar surface area (TPSA) is 67.9 Å². The summed E-state index contributed by atoms with van der Waals surface area (Å²) in [5, 5.41) is 0.150. The molecule has 0 aromatic carbocycles. The monoisotopic (exact) mass is 271 g/mol. The van der Waals surface area contributed by atoms with E-state index in [0.717, 1.165) is 19.4 Å². The molecule has 0 saturated carbocycles. The largest absolute Gasteiger partial charge is 0.368 e. The molecular formula is C12H22ClN5. The molecule has 1 aromatic rings. The van der Waals surface area contributed by atoms with Gasteiger partial charge >= 0.3 is 0 Å². The minimum atomic E-state index is 0.150. The smallest absolute Gasteiger partial charge is 0.231 e. The Labute approximate surface area is 114 Å². The summed E-state index contributed by atoms with van der Waals surface area (Å²) in [4.78, 5) is 14.4. The van der Waals surface area contributed by atoms with Crippen LogP contribution in [0.1, 0.15) is 40.5 Å². The van der Waals surface area contributed by atoms with Crippen LogP contribution >= 0.6 is 11.6 Å². The Kier molecular flexibility index (Phi) is 5.59. The van der Waals surface area contributed by atoms with Crippen LogP contribution in [-0.4, -0.2) is 27.5 Å². The van der Waals surface area contributed by atoms with E-state index in [1.54, 1.807) is 0 Å². The van der Waals surface area contributed by atoms with Gasteiger partial charge in [-0.3, -0.25) is 0 Å². The van der Waals surface area contributed by atoms with Crippen LogP contribution in [0.25, 0.3) is 0 Å². The van der Waals surface area contributed by atoms with Crippen molar-refractivity contribution in [2.75, 3.05) is 17.2 Å². The molecule has 102 valence electrons. The molecule has 1 rings (SSSR count). The van der Waals surface area contributed by atoms with Crippen molar-refractivity contribution in [2.24, 2.45) is 5.92 Å². The quantitative estimate of drug-likeness (QED) is 0.862. The van der Waals surface area contributed by atoms with Gasteiger partial charge in [-0.1, -0.05) is 27.7 Å². The molecular weight excluding hydrogens is 250 g/mol. The Morgan fingerprint density at radius 2 is 1.78 bits per heavy atom. The van der Waals surface area contributed by atoms with Gasteiger partial charge in [-0.25, -0.2) is 0 Å². The molecule has 0 spiro atoms. The van der Waals surface area contributed by atoms with E-state index in [9.17, 15) is 0 Å². The lowest BCUT2D eigenvalue weighted by atomic mass is 10.1. The number of nitrogens with two attached hydrogens (primary N) is 1. The second kappa shape index (κ2) is 6.73. The van der Waals surface area contributed by atoms with Crippen molar-refractivity contribution in [2.45, 2.75) is 46.6 Å². The highest BCUT2D eigenvalue weighted by Crippen LogP contribution is 2.20. The zero-order valence-electron chi connectivity index (χ0n) is 11.5. The van der Waals surface area contributed by atoms with Gasteiger partial charge in [-0.2, -0.15) is 15.0 Å². The lowest BCUT2D eigenvalue weighted by Crippen LogP contribution is -2.38. The second-order valence-corrected chi connectivity index (χ2v) is 5.12. The normalized spacial score (nSPS) is 11.3. The van der Waals surface area contributed by atoms with Crippen molar-refractivity contribution in [1.29, 1.82) is 0 Å². The number of nitrogen functional groups attached to an aromatic ring is 1. The predicted octanol–water partition coefficient (Wildman–Crippen LogP) is 2.76. The molecule has 0 saturated heterocycles. The van der Waals surface area contributed by atoms with Crippen LogP contribution in [-0.2, 0) is 0 Å². The highest BCUT2D eigenvalue weighted by molar-refractivity contribution is 6.28. The molecule has 6 heteroatoms. The zero-order chi connectivity index (χ0) is 13.7. The third-order valence-electron chi connectivity index (χ3n) is 2.82. The molecule has 0 radical (unpaired) electrons. The summed E-state index contributed by atoms with van der Waals surface area (Å²) in [7, 11) is 0. The molecule has 0 aliphatic carbocycles. The van der Waals surface area contributed by atoms with Crippen LogP contribution in [0.4, 0.5) is 11.9 Å². The minimum absolute atomic E-state index is 0.150. The molecule has 0 bridgehead atoms. The molecule has 0 aliphatic heterocycles. The van der Waals surface area contributed by atoms with Crippen LogP contribution in [0.2, 0.25) is 5.28 Å². The van der Waals surface area contributed by atoms with Gasteiger partial charge in [0.1, 0.15) is 0 Å². The van der Waals surface area contributed by atoms with E-state index in [-0.39, 0.29) is 11.2 Å². The van der Waals surface area contributed by atoms with Gasteiger partial charge in [0.2, 0.25) is 17.2 Å². The molecule has 0 unspecified atom stereocenters. The van der Waals surface area contributed by atoms with Crippen LogP contribution < -0.4 is 10.6 Å².